The van der Waals surface area contributed by atoms with Gasteiger partial charge >= 0.3 is 0 Å². The number of piperidine rings is 1. The number of nitrogens with two attached hydrogens (primary N) is 1. The minimum absolute atomic E-state index is 0.270. The first kappa shape index (κ1) is 12.3. The van der Waals surface area contributed by atoms with E-state index in [1.165, 1.54) is 0 Å². The number of nitrogens with zero attached hydrogens (tertiary/aromatic N) is 1. The van der Waals surface area contributed by atoms with Crippen LogP contribution in [0.15, 0.2) is 0 Å². The van der Waals surface area contributed by atoms with Crippen LogP contribution in [0.2, 0.25) is 0 Å². The monoisotopic (exact) mass is 228 g/mol. The summed E-state index contributed by atoms with van der Waals surface area (Å²) in [5, 5.41) is 0. The molecular weight excluding hydrogens is 204 g/mol. The Hall–Kier alpha value is -0.160. The van der Waals surface area contributed by atoms with Crippen molar-refractivity contribution >= 4 is 0 Å². The fraction of sp³-hybridized carbons (Fsp3) is 1.00. The predicted octanol–water partition coefficient (Wildman–Crippen LogP) is 0.604. The highest BCUT2D eigenvalue weighted by molar-refractivity contribution is 4.75. The van der Waals surface area contributed by atoms with E-state index in [0.29, 0.717) is 12.6 Å². The lowest BCUT2D eigenvalue weighted by molar-refractivity contribution is -0.0539. The van der Waals surface area contributed by atoms with Crippen LogP contribution in [-0.2, 0) is 9.47 Å². The summed E-state index contributed by atoms with van der Waals surface area (Å²) in [6, 6.07) is 0. The second kappa shape index (κ2) is 5.96. The van der Waals surface area contributed by atoms with Crippen molar-refractivity contribution in [2.24, 2.45) is 5.73 Å². The molecule has 2 aliphatic heterocycles. The van der Waals surface area contributed by atoms with Gasteiger partial charge in [0, 0.05) is 19.6 Å². The summed E-state index contributed by atoms with van der Waals surface area (Å²) in [6.45, 7) is 3.71. The molecule has 2 N–H and O–H groups in total. The van der Waals surface area contributed by atoms with Gasteiger partial charge in [0.2, 0.25) is 0 Å². The number of hydrogen-bond donors (Lipinski definition) is 1. The van der Waals surface area contributed by atoms with Gasteiger partial charge in [0.1, 0.15) is 0 Å². The molecule has 2 atom stereocenters. The van der Waals surface area contributed by atoms with E-state index < -0.39 is 0 Å². The fourth-order valence-corrected chi connectivity index (χ4v) is 2.47. The third kappa shape index (κ3) is 3.42. The lowest BCUT2D eigenvalue weighted by atomic mass is 10.1. The predicted molar refractivity (Wildman–Crippen MR) is 63.4 cm³/mol. The van der Waals surface area contributed by atoms with E-state index in [4.69, 9.17) is 15.2 Å². The standard InChI is InChI=1S/C12H24N2O2/c1-14-6-4-10(5-7-14)15-9-12-3-2-11(8-13)16-12/h10-12H,2-9,13H2,1H3. The van der Waals surface area contributed by atoms with Crippen molar-refractivity contribution in [2.45, 2.75) is 44.0 Å². The van der Waals surface area contributed by atoms with Gasteiger partial charge in [0.25, 0.3) is 0 Å². The molecule has 4 nitrogen and oxygen atoms in total. The maximum atomic E-state index is 5.92. The van der Waals surface area contributed by atoms with Gasteiger partial charge in [0.05, 0.1) is 24.9 Å². The van der Waals surface area contributed by atoms with E-state index in [2.05, 4.69) is 11.9 Å². The smallest absolute Gasteiger partial charge is 0.0814 e. The molecule has 2 heterocycles. The highest BCUT2D eigenvalue weighted by Crippen LogP contribution is 2.20. The summed E-state index contributed by atoms with van der Waals surface area (Å²) >= 11 is 0. The average molecular weight is 228 g/mol. The molecule has 94 valence electrons. The van der Waals surface area contributed by atoms with Crippen molar-refractivity contribution in [2.75, 3.05) is 33.3 Å². The lowest BCUT2D eigenvalue weighted by Crippen LogP contribution is -2.35. The Kier molecular flexibility index (Phi) is 4.58. The minimum atomic E-state index is 0.270. The fourth-order valence-electron chi connectivity index (χ4n) is 2.47. The van der Waals surface area contributed by atoms with Gasteiger partial charge in [-0.2, -0.15) is 0 Å². The Morgan fingerprint density at radius 3 is 2.50 bits per heavy atom. The first-order valence-corrected chi connectivity index (χ1v) is 6.43. The van der Waals surface area contributed by atoms with Crippen molar-refractivity contribution < 1.29 is 9.47 Å². The Bertz CT molecular complexity index is 203. The zero-order valence-electron chi connectivity index (χ0n) is 10.2. The summed E-state index contributed by atoms with van der Waals surface area (Å²) in [5.41, 5.74) is 5.58. The molecule has 2 fully saturated rings. The van der Waals surface area contributed by atoms with Crippen molar-refractivity contribution in [3.8, 4) is 0 Å². The normalized spacial score (nSPS) is 33.4. The quantitative estimate of drug-likeness (QED) is 0.765. The van der Waals surface area contributed by atoms with E-state index >= 15 is 0 Å². The maximum Gasteiger partial charge on any atom is 0.0814 e. The molecular formula is C12H24N2O2. The SMILES string of the molecule is CN1CCC(OCC2CCC(CN)O2)CC1. The summed E-state index contributed by atoms with van der Waals surface area (Å²) in [4.78, 5) is 2.36. The minimum Gasteiger partial charge on any atom is -0.375 e. The summed E-state index contributed by atoms with van der Waals surface area (Å²) in [7, 11) is 2.17. The first-order chi connectivity index (χ1) is 7.78. The Labute approximate surface area is 98.1 Å². The summed E-state index contributed by atoms with van der Waals surface area (Å²) in [6.07, 6.45) is 5.51. The molecule has 0 aromatic carbocycles. The van der Waals surface area contributed by atoms with Gasteiger partial charge in [0.15, 0.2) is 0 Å². The molecule has 0 bridgehead atoms. The Morgan fingerprint density at radius 1 is 1.19 bits per heavy atom. The molecule has 2 rings (SSSR count). The van der Waals surface area contributed by atoms with Crippen LogP contribution < -0.4 is 5.73 Å². The molecule has 2 saturated heterocycles. The Balaban J connectivity index is 1.61. The van der Waals surface area contributed by atoms with Gasteiger partial charge in [-0.25, -0.2) is 0 Å². The van der Waals surface area contributed by atoms with E-state index in [-0.39, 0.29) is 12.2 Å². The molecule has 0 aromatic heterocycles. The van der Waals surface area contributed by atoms with E-state index in [1.807, 2.05) is 0 Å². The topological polar surface area (TPSA) is 47.7 Å². The lowest BCUT2D eigenvalue weighted by Gasteiger charge is -2.29. The van der Waals surface area contributed by atoms with Crippen molar-refractivity contribution in [3.63, 3.8) is 0 Å². The number of rotatable bonds is 4. The van der Waals surface area contributed by atoms with Crippen LogP contribution in [0.3, 0.4) is 0 Å². The van der Waals surface area contributed by atoms with Crippen molar-refractivity contribution in [1.82, 2.24) is 4.90 Å². The van der Waals surface area contributed by atoms with Gasteiger partial charge < -0.3 is 20.1 Å². The van der Waals surface area contributed by atoms with Gasteiger partial charge in [-0.1, -0.05) is 0 Å². The molecule has 0 radical (unpaired) electrons. The summed E-state index contributed by atoms with van der Waals surface area (Å²) < 4.78 is 11.7. The van der Waals surface area contributed by atoms with Crippen LogP contribution in [0.25, 0.3) is 0 Å². The van der Waals surface area contributed by atoms with Crippen LogP contribution in [0, 0.1) is 0 Å². The third-order valence-corrected chi connectivity index (χ3v) is 3.64. The van der Waals surface area contributed by atoms with E-state index in [9.17, 15) is 0 Å². The molecule has 0 aliphatic carbocycles. The van der Waals surface area contributed by atoms with Gasteiger partial charge in [-0.3, -0.25) is 0 Å². The van der Waals surface area contributed by atoms with E-state index in [0.717, 1.165) is 45.4 Å². The number of likely N-dealkylation sites (tertiary alicyclic amines) is 1. The maximum absolute atomic E-state index is 5.92. The van der Waals surface area contributed by atoms with Crippen LogP contribution in [-0.4, -0.2) is 56.5 Å². The molecule has 16 heavy (non-hydrogen) atoms. The van der Waals surface area contributed by atoms with Gasteiger partial charge in [-0.05, 0) is 32.7 Å². The summed E-state index contributed by atoms with van der Waals surface area (Å²) in [5.74, 6) is 0. The van der Waals surface area contributed by atoms with Crippen LogP contribution in [0.1, 0.15) is 25.7 Å². The van der Waals surface area contributed by atoms with Crippen LogP contribution >= 0.6 is 0 Å². The third-order valence-electron chi connectivity index (χ3n) is 3.64. The molecule has 0 saturated carbocycles. The molecule has 0 spiro atoms. The van der Waals surface area contributed by atoms with Gasteiger partial charge in [-0.15, -0.1) is 0 Å². The molecule has 0 aromatic rings. The second-order valence-corrected chi connectivity index (χ2v) is 5.03. The first-order valence-electron chi connectivity index (χ1n) is 6.43. The van der Waals surface area contributed by atoms with Crippen LogP contribution in [0.5, 0.6) is 0 Å². The largest absolute Gasteiger partial charge is 0.375 e. The molecule has 0 amide bonds. The van der Waals surface area contributed by atoms with E-state index in [1.54, 1.807) is 0 Å². The molecule has 2 aliphatic rings. The van der Waals surface area contributed by atoms with Crippen molar-refractivity contribution in [3.05, 3.63) is 0 Å². The van der Waals surface area contributed by atoms with Crippen LogP contribution in [0.4, 0.5) is 0 Å². The second-order valence-electron chi connectivity index (χ2n) is 5.03. The number of hydrogen-bond acceptors (Lipinski definition) is 4. The molecule has 2 unspecified atom stereocenters. The highest BCUT2D eigenvalue weighted by atomic mass is 16.5. The zero-order chi connectivity index (χ0) is 11.4. The Morgan fingerprint density at radius 2 is 1.88 bits per heavy atom. The van der Waals surface area contributed by atoms with Crippen molar-refractivity contribution in [1.29, 1.82) is 0 Å². The highest BCUT2D eigenvalue weighted by Gasteiger charge is 2.25. The molecule has 4 heteroatoms. The number of ether oxygens (including phenoxy) is 2. The zero-order valence-corrected chi connectivity index (χ0v) is 10.2. The average Bonchev–Trinajstić information content (AvgIpc) is 2.76.